The number of anilines is 2. The molecule has 1 amide bonds. The minimum atomic E-state index is -0.566. The van der Waals surface area contributed by atoms with Crippen LogP contribution in [0.4, 0.5) is 15.9 Å². The van der Waals surface area contributed by atoms with E-state index in [0.29, 0.717) is 17.2 Å². The molecule has 2 aromatic carbocycles. The van der Waals surface area contributed by atoms with Crippen LogP contribution in [0.5, 0.6) is 0 Å². The molecule has 0 bridgehead atoms. The van der Waals surface area contributed by atoms with Gasteiger partial charge < -0.3 is 10.6 Å². The summed E-state index contributed by atoms with van der Waals surface area (Å²) in [7, 11) is 0. The molecule has 2 aromatic heterocycles. The number of aromatic nitrogens is 4. The number of amides is 1. The van der Waals surface area contributed by atoms with E-state index in [0.717, 1.165) is 23.2 Å². The maximum Gasteiger partial charge on any atom is 0.255 e. The molecule has 0 unspecified atom stereocenters. The minimum Gasteiger partial charge on any atom is -0.362 e. The maximum absolute atomic E-state index is 13.4. The number of carbonyl (C=O) groups is 1. The van der Waals surface area contributed by atoms with E-state index in [2.05, 4.69) is 25.7 Å². The van der Waals surface area contributed by atoms with Crippen molar-refractivity contribution in [1.82, 2.24) is 19.7 Å². The molecule has 0 spiro atoms. The molecule has 0 aliphatic heterocycles. The summed E-state index contributed by atoms with van der Waals surface area (Å²) in [6, 6.07) is 9.41. The summed E-state index contributed by atoms with van der Waals surface area (Å²) in [5.74, 6) is -0.324. The molecule has 32 heavy (non-hydrogen) atoms. The van der Waals surface area contributed by atoms with Crippen LogP contribution in [-0.4, -0.2) is 25.7 Å². The molecule has 0 radical (unpaired) electrons. The van der Waals surface area contributed by atoms with Crippen molar-refractivity contribution in [2.45, 2.75) is 33.4 Å². The highest BCUT2D eigenvalue weighted by atomic mass is 35.5. The SMILES string of the molecule is CCn1cc2ncc(N[C@@H](C)c3cc(NC(=O)c4ccc(F)c(Cl)c4)ccc3C)nc2n1. The number of rotatable bonds is 6. The third-order valence-electron chi connectivity index (χ3n) is 5.15. The smallest absolute Gasteiger partial charge is 0.255 e. The predicted octanol–water partition coefficient (Wildman–Crippen LogP) is 5.37. The van der Waals surface area contributed by atoms with Crippen LogP contribution in [-0.2, 0) is 6.54 Å². The Bertz CT molecular complexity index is 1310. The number of nitrogens with one attached hydrogen (secondary N) is 2. The average Bonchev–Trinajstić information content (AvgIpc) is 3.19. The molecule has 2 N–H and O–H groups in total. The summed E-state index contributed by atoms with van der Waals surface area (Å²) in [4.78, 5) is 21.5. The van der Waals surface area contributed by atoms with Gasteiger partial charge in [0.15, 0.2) is 0 Å². The maximum atomic E-state index is 13.4. The van der Waals surface area contributed by atoms with Crippen LogP contribution in [0, 0.1) is 12.7 Å². The van der Waals surface area contributed by atoms with Gasteiger partial charge in [-0.25, -0.2) is 14.4 Å². The highest BCUT2D eigenvalue weighted by Crippen LogP contribution is 2.26. The van der Waals surface area contributed by atoms with Crippen molar-refractivity contribution < 1.29 is 9.18 Å². The van der Waals surface area contributed by atoms with Crippen molar-refractivity contribution in [2.75, 3.05) is 10.6 Å². The number of carbonyl (C=O) groups excluding carboxylic acids is 1. The van der Waals surface area contributed by atoms with Gasteiger partial charge in [-0.1, -0.05) is 17.7 Å². The van der Waals surface area contributed by atoms with Gasteiger partial charge in [0.1, 0.15) is 17.2 Å². The summed E-state index contributed by atoms with van der Waals surface area (Å²) >= 11 is 5.79. The zero-order chi connectivity index (χ0) is 22.8. The molecular weight excluding hydrogens is 431 g/mol. The molecule has 0 saturated carbocycles. The lowest BCUT2D eigenvalue weighted by molar-refractivity contribution is 0.102. The van der Waals surface area contributed by atoms with Crippen LogP contribution in [0.1, 0.15) is 41.4 Å². The topological polar surface area (TPSA) is 84.7 Å². The molecule has 0 saturated heterocycles. The van der Waals surface area contributed by atoms with Gasteiger partial charge in [0.2, 0.25) is 5.65 Å². The van der Waals surface area contributed by atoms with Crippen LogP contribution in [0.2, 0.25) is 5.02 Å². The van der Waals surface area contributed by atoms with Crippen LogP contribution in [0.3, 0.4) is 0 Å². The van der Waals surface area contributed by atoms with E-state index in [-0.39, 0.29) is 22.5 Å². The molecule has 1 atom stereocenters. The third-order valence-corrected chi connectivity index (χ3v) is 5.44. The second-order valence-electron chi connectivity index (χ2n) is 7.47. The van der Waals surface area contributed by atoms with Crippen LogP contribution < -0.4 is 10.6 Å². The summed E-state index contributed by atoms with van der Waals surface area (Å²) in [6.45, 7) is 6.76. The number of aryl methyl sites for hydroxylation is 2. The lowest BCUT2D eigenvalue weighted by Crippen LogP contribution is -2.14. The van der Waals surface area contributed by atoms with Gasteiger partial charge in [-0.3, -0.25) is 9.48 Å². The molecule has 7 nitrogen and oxygen atoms in total. The fraction of sp³-hybridized carbons (Fsp3) is 0.217. The van der Waals surface area contributed by atoms with Gasteiger partial charge in [0, 0.05) is 17.8 Å². The lowest BCUT2D eigenvalue weighted by Gasteiger charge is -2.18. The first-order chi connectivity index (χ1) is 15.3. The monoisotopic (exact) mass is 452 g/mol. The molecule has 0 aliphatic rings. The molecule has 4 aromatic rings. The van der Waals surface area contributed by atoms with Crippen molar-refractivity contribution in [2.24, 2.45) is 0 Å². The van der Waals surface area contributed by atoms with Gasteiger partial charge in [-0.15, -0.1) is 0 Å². The third kappa shape index (κ3) is 4.55. The van der Waals surface area contributed by atoms with Crippen molar-refractivity contribution >= 4 is 40.2 Å². The lowest BCUT2D eigenvalue weighted by atomic mass is 10.0. The van der Waals surface area contributed by atoms with Crippen molar-refractivity contribution in [3.8, 4) is 0 Å². The van der Waals surface area contributed by atoms with E-state index in [1.54, 1.807) is 10.9 Å². The van der Waals surface area contributed by atoms with E-state index in [9.17, 15) is 9.18 Å². The van der Waals surface area contributed by atoms with Crippen LogP contribution >= 0.6 is 11.6 Å². The van der Waals surface area contributed by atoms with Gasteiger partial charge in [-0.2, -0.15) is 5.10 Å². The molecule has 164 valence electrons. The first kappa shape index (κ1) is 21.7. The van der Waals surface area contributed by atoms with Gasteiger partial charge in [-0.05, 0) is 62.2 Å². The highest BCUT2D eigenvalue weighted by molar-refractivity contribution is 6.31. The standard InChI is InChI=1S/C23H22ClFN6O/c1-4-31-12-20-22(30-31)29-21(11-26-20)27-14(3)17-10-16(7-5-13(17)2)28-23(32)15-6-8-19(25)18(24)9-15/h5-12,14H,4H2,1-3H3,(H,28,32)(H,27,29,30)/t14-/m0/s1. The molecule has 0 aliphatic carbocycles. The molecule has 0 fully saturated rings. The molecule has 4 rings (SSSR count). The van der Waals surface area contributed by atoms with Gasteiger partial charge in [0.05, 0.1) is 23.5 Å². The first-order valence-electron chi connectivity index (χ1n) is 10.2. The van der Waals surface area contributed by atoms with E-state index >= 15 is 0 Å². The van der Waals surface area contributed by atoms with E-state index < -0.39 is 5.82 Å². The Kier molecular flexibility index (Phi) is 6.05. The summed E-state index contributed by atoms with van der Waals surface area (Å²) in [5, 5.41) is 10.5. The highest BCUT2D eigenvalue weighted by Gasteiger charge is 2.14. The van der Waals surface area contributed by atoms with Crippen molar-refractivity contribution in [1.29, 1.82) is 0 Å². The second kappa shape index (κ2) is 8.92. The van der Waals surface area contributed by atoms with Crippen molar-refractivity contribution in [3.63, 3.8) is 0 Å². The average molecular weight is 453 g/mol. The van der Waals surface area contributed by atoms with Gasteiger partial charge in [0.25, 0.3) is 5.91 Å². The summed E-state index contributed by atoms with van der Waals surface area (Å²) in [6.07, 6.45) is 3.54. The Hall–Kier alpha value is -3.52. The summed E-state index contributed by atoms with van der Waals surface area (Å²) in [5.41, 5.74) is 4.26. The van der Waals surface area contributed by atoms with Crippen molar-refractivity contribution in [3.05, 3.63) is 76.3 Å². The minimum absolute atomic E-state index is 0.0954. The quantitative estimate of drug-likeness (QED) is 0.410. The Morgan fingerprint density at radius 2 is 2.06 bits per heavy atom. The molecule has 9 heteroatoms. The Morgan fingerprint density at radius 3 is 2.81 bits per heavy atom. The second-order valence-corrected chi connectivity index (χ2v) is 7.88. The van der Waals surface area contributed by atoms with E-state index in [1.807, 2.05) is 45.2 Å². The zero-order valence-electron chi connectivity index (χ0n) is 17.9. The number of hydrogen-bond acceptors (Lipinski definition) is 5. The van der Waals surface area contributed by atoms with Gasteiger partial charge >= 0.3 is 0 Å². The number of benzene rings is 2. The van der Waals surface area contributed by atoms with Crippen LogP contribution in [0.25, 0.3) is 11.2 Å². The molecular formula is C23H22ClFN6O. The zero-order valence-corrected chi connectivity index (χ0v) is 18.6. The molecule has 2 heterocycles. The number of halogens is 2. The number of nitrogens with zero attached hydrogens (tertiary/aromatic N) is 4. The number of hydrogen-bond donors (Lipinski definition) is 2. The van der Waals surface area contributed by atoms with E-state index in [1.165, 1.54) is 18.2 Å². The largest absolute Gasteiger partial charge is 0.362 e. The Labute approximate surface area is 189 Å². The number of fused-ring (bicyclic) bond motifs is 1. The normalized spacial score (nSPS) is 12.0. The first-order valence-corrected chi connectivity index (χ1v) is 10.6. The fourth-order valence-electron chi connectivity index (χ4n) is 3.40. The summed E-state index contributed by atoms with van der Waals surface area (Å²) < 4.78 is 15.2. The van der Waals surface area contributed by atoms with E-state index in [4.69, 9.17) is 11.6 Å². The Morgan fingerprint density at radius 1 is 1.25 bits per heavy atom. The fourth-order valence-corrected chi connectivity index (χ4v) is 3.58. The predicted molar refractivity (Wildman–Crippen MR) is 124 cm³/mol. The Balaban J connectivity index is 1.52. The van der Waals surface area contributed by atoms with Crippen LogP contribution in [0.15, 0.2) is 48.8 Å².